The highest BCUT2D eigenvalue weighted by Crippen LogP contribution is 2.29. The highest BCUT2D eigenvalue weighted by atomic mass is 35.5. The van der Waals surface area contributed by atoms with Gasteiger partial charge >= 0.3 is 0 Å². The van der Waals surface area contributed by atoms with Crippen molar-refractivity contribution in [2.75, 3.05) is 18.8 Å². The molecule has 3 rings (SSSR count). The van der Waals surface area contributed by atoms with Crippen LogP contribution in [0.5, 0.6) is 0 Å². The van der Waals surface area contributed by atoms with Crippen molar-refractivity contribution in [3.05, 3.63) is 63.4 Å². The second-order valence-electron chi connectivity index (χ2n) is 6.86. The van der Waals surface area contributed by atoms with E-state index in [-0.39, 0.29) is 27.6 Å². The van der Waals surface area contributed by atoms with E-state index in [1.54, 1.807) is 19.1 Å². The summed E-state index contributed by atoms with van der Waals surface area (Å²) < 4.78 is 13.8. The van der Waals surface area contributed by atoms with Crippen molar-refractivity contribution >= 4 is 46.8 Å². The van der Waals surface area contributed by atoms with Gasteiger partial charge in [0.05, 0.1) is 22.4 Å². The van der Waals surface area contributed by atoms with Crippen LogP contribution in [0.3, 0.4) is 0 Å². The first-order valence-corrected chi connectivity index (χ1v) is 11.1. The van der Waals surface area contributed by atoms with Crippen molar-refractivity contribution in [2.24, 2.45) is 0 Å². The second kappa shape index (κ2) is 9.83. The van der Waals surface area contributed by atoms with Gasteiger partial charge in [0.1, 0.15) is 5.82 Å². The molecule has 4 nitrogen and oxygen atoms in total. The van der Waals surface area contributed by atoms with Crippen LogP contribution in [-0.2, 0) is 4.79 Å². The van der Waals surface area contributed by atoms with Crippen LogP contribution in [0.25, 0.3) is 0 Å². The molecule has 0 saturated carbocycles. The van der Waals surface area contributed by atoms with Crippen LogP contribution in [-0.4, -0.2) is 35.6 Å². The number of hydrogen-bond donors (Lipinski definition) is 1. The van der Waals surface area contributed by atoms with E-state index in [1.807, 2.05) is 17.0 Å². The number of carbonyl (C=O) groups is 2. The molecule has 2 amide bonds. The van der Waals surface area contributed by atoms with E-state index in [2.05, 4.69) is 5.32 Å². The lowest BCUT2D eigenvalue weighted by atomic mass is 10.1. The van der Waals surface area contributed by atoms with Crippen molar-refractivity contribution in [3.8, 4) is 0 Å². The molecule has 1 heterocycles. The molecule has 1 aliphatic heterocycles. The summed E-state index contributed by atoms with van der Waals surface area (Å²) in [5, 5.41) is 3.05. The van der Waals surface area contributed by atoms with Crippen molar-refractivity contribution in [1.29, 1.82) is 0 Å². The van der Waals surface area contributed by atoms with Gasteiger partial charge in [0, 0.05) is 23.0 Å². The van der Waals surface area contributed by atoms with E-state index >= 15 is 0 Å². The maximum absolute atomic E-state index is 13.8. The minimum absolute atomic E-state index is 0.0679. The fourth-order valence-corrected chi connectivity index (χ4v) is 4.70. The van der Waals surface area contributed by atoms with Crippen LogP contribution in [0.2, 0.25) is 10.0 Å². The molecule has 2 aromatic rings. The Morgan fingerprint density at radius 2 is 1.86 bits per heavy atom. The fourth-order valence-electron chi connectivity index (χ4n) is 3.20. The number of carbonyl (C=O) groups excluding carboxylic acids is 2. The molecule has 1 unspecified atom stereocenters. The van der Waals surface area contributed by atoms with E-state index in [0.29, 0.717) is 11.1 Å². The lowest BCUT2D eigenvalue weighted by Crippen LogP contribution is -2.29. The number of nitrogens with one attached hydrogen (secondary N) is 1. The molecule has 1 N–H and O–H groups in total. The fraction of sp³-hybridized carbons (Fsp3) is 0.333. The Bertz CT molecular complexity index is 920. The Labute approximate surface area is 183 Å². The summed E-state index contributed by atoms with van der Waals surface area (Å²) in [4.78, 5) is 27.7. The lowest BCUT2D eigenvalue weighted by molar-refractivity contribution is -0.127. The molecular formula is C21H21Cl2FN2O2S. The van der Waals surface area contributed by atoms with Crippen LogP contribution in [0, 0.1) is 5.82 Å². The first-order chi connectivity index (χ1) is 13.9. The van der Waals surface area contributed by atoms with Gasteiger partial charge in [-0.1, -0.05) is 35.3 Å². The van der Waals surface area contributed by atoms with E-state index < -0.39 is 11.9 Å². The van der Waals surface area contributed by atoms with Gasteiger partial charge in [0.15, 0.2) is 0 Å². The average Bonchev–Trinajstić information content (AvgIpc) is 3.24. The van der Waals surface area contributed by atoms with Gasteiger partial charge in [-0.15, -0.1) is 11.8 Å². The predicted molar refractivity (Wildman–Crippen MR) is 115 cm³/mol. The molecule has 0 spiro atoms. The quantitative estimate of drug-likeness (QED) is 0.473. The second-order valence-corrected chi connectivity index (χ2v) is 8.69. The minimum Gasteiger partial charge on any atom is -0.345 e. The molecule has 0 radical (unpaired) electrons. The molecule has 1 aliphatic rings. The Morgan fingerprint density at radius 1 is 1.17 bits per heavy atom. The average molecular weight is 455 g/mol. The summed E-state index contributed by atoms with van der Waals surface area (Å²) in [5.74, 6) is -0.544. The third-order valence-electron chi connectivity index (χ3n) is 4.80. The number of amides is 2. The van der Waals surface area contributed by atoms with Gasteiger partial charge in [0.2, 0.25) is 5.91 Å². The van der Waals surface area contributed by atoms with Crippen molar-refractivity contribution in [2.45, 2.75) is 30.7 Å². The molecule has 1 fully saturated rings. The number of rotatable bonds is 6. The Balaban J connectivity index is 1.69. The molecule has 154 valence electrons. The molecule has 2 aromatic carbocycles. The van der Waals surface area contributed by atoms with Gasteiger partial charge in [-0.05, 0) is 49.6 Å². The van der Waals surface area contributed by atoms with E-state index in [1.165, 1.54) is 23.9 Å². The molecular weight excluding hydrogens is 434 g/mol. The SMILES string of the molecule is CC(NC(=O)c1ccccc1SCC(=O)N1CCCC1)c1cc(F)c(Cl)cc1Cl. The first-order valence-electron chi connectivity index (χ1n) is 9.31. The lowest BCUT2D eigenvalue weighted by Gasteiger charge is -2.18. The topological polar surface area (TPSA) is 49.4 Å². The van der Waals surface area contributed by atoms with Crippen molar-refractivity contribution in [3.63, 3.8) is 0 Å². The van der Waals surface area contributed by atoms with Gasteiger partial charge in [-0.25, -0.2) is 4.39 Å². The smallest absolute Gasteiger partial charge is 0.252 e. The summed E-state index contributed by atoms with van der Waals surface area (Å²) in [6, 6.07) is 9.14. The maximum atomic E-state index is 13.8. The summed E-state index contributed by atoms with van der Waals surface area (Å²) in [6.45, 7) is 3.33. The number of thioether (sulfide) groups is 1. The number of nitrogens with zero attached hydrogens (tertiary/aromatic N) is 1. The van der Waals surface area contributed by atoms with Crippen LogP contribution >= 0.6 is 35.0 Å². The number of benzene rings is 2. The third-order valence-corrected chi connectivity index (χ3v) is 6.47. The zero-order chi connectivity index (χ0) is 21.0. The zero-order valence-corrected chi connectivity index (χ0v) is 18.2. The zero-order valence-electron chi connectivity index (χ0n) is 15.9. The Hall–Kier alpha value is -1.76. The first kappa shape index (κ1) is 21.9. The van der Waals surface area contributed by atoms with Gasteiger partial charge in [0.25, 0.3) is 5.91 Å². The molecule has 1 atom stereocenters. The third kappa shape index (κ3) is 5.44. The van der Waals surface area contributed by atoms with Gasteiger partial charge in [-0.3, -0.25) is 9.59 Å². The largest absolute Gasteiger partial charge is 0.345 e. The molecule has 0 bridgehead atoms. The predicted octanol–water partition coefficient (Wildman–Crippen LogP) is 5.34. The molecule has 29 heavy (non-hydrogen) atoms. The monoisotopic (exact) mass is 454 g/mol. The van der Waals surface area contributed by atoms with Crippen LogP contribution < -0.4 is 5.32 Å². The van der Waals surface area contributed by atoms with Crippen LogP contribution in [0.1, 0.15) is 41.7 Å². The van der Waals surface area contributed by atoms with Gasteiger partial charge < -0.3 is 10.2 Å². The molecule has 8 heteroatoms. The van der Waals surface area contributed by atoms with Crippen LogP contribution in [0.15, 0.2) is 41.3 Å². The van der Waals surface area contributed by atoms with E-state index in [9.17, 15) is 14.0 Å². The summed E-state index contributed by atoms with van der Waals surface area (Å²) >= 11 is 13.2. The number of likely N-dealkylation sites (tertiary alicyclic amines) is 1. The highest BCUT2D eigenvalue weighted by Gasteiger charge is 2.21. The van der Waals surface area contributed by atoms with Crippen molar-refractivity contribution < 1.29 is 14.0 Å². The Kier molecular flexibility index (Phi) is 7.44. The van der Waals surface area contributed by atoms with Crippen molar-refractivity contribution in [1.82, 2.24) is 10.2 Å². The Morgan fingerprint density at radius 3 is 2.59 bits per heavy atom. The van der Waals surface area contributed by atoms with E-state index in [0.717, 1.165) is 30.8 Å². The summed E-state index contributed by atoms with van der Waals surface area (Å²) in [5.41, 5.74) is 0.903. The number of hydrogen-bond acceptors (Lipinski definition) is 3. The van der Waals surface area contributed by atoms with E-state index in [4.69, 9.17) is 23.2 Å². The molecule has 0 aromatic heterocycles. The molecule has 1 saturated heterocycles. The normalized spacial score (nSPS) is 14.7. The summed E-state index contributed by atoms with van der Waals surface area (Å²) in [7, 11) is 0. The number of halogens is 3. The molecule has 0 aliphatic carbocycles. The van der Waals surface area contributed by atoms with Gasteiger partial charge in [-0.2, -0.15) is 0 Å². The summed E-state index contributed by atoms with van der Waals surface area (Å²) in [6.07, 6.45) is 2.09. The maximum Gasteiger partial charge on any atom is 0.252 e. The minimum atomic E-state index is -0.594. The highest BCUT2D eigenvalue weighted by molar-refractivity contribution is 8.00. The standard InChI is InChI=1S/C21H21Cl2FN2O2S/c1-13(15-10-18(24)17(23)11-16(15)22)25-21(28)14-6-2-3-7-19(14)29-12-20(27)26-8-4-5-9-26/h2-3,6-7,10-11,13H,4-5,8-9,12H2,1H3,(H,25,28). The van der Waals surface area contributed by atoms with Crippen LogP contribution in [0.4, 0.5) is 4.39 Å².